The first-order valence-corrected chi connectivity index (χ1v) is 7.69. The normalized spacial score (nSPS) is 12.4. The summed E-state index contributed by atoms with van der Waals surface area (Å²) in [5.41, 5.74) is 1.07. The van der Waals surface area contributed by atoms with Gasteiger partial charge in [0.1, 0.15) is 18.2 Å². The fraction of sp³-hybridized carbons (Fsp3) is 0.438. The maximum atomic E-state index is 6.11. The maximum absolute atomic E-state index is 6.11. The van der Waals surface area contributed by atoms with E-state index in [-0.39, 0.29) is 6.04 Å². The summed E-state index contributed by atoms with van der Waals surface area (Å²) in [6, 6.07) is 5.92. The van der Waals surface area contributed by atoms with E-state index >= 15 is 0 Å². The van der Waals surface area contributed by atoms with Crippen LogP contribution in [0.25, 0.3) is 0 Å². The Balaban J connectivity index is 2.15. The molecule has 0 aliphatic rings. The van der Waals surface area contributed by atoms with Crippen LogP contribution < -0.4 is 10.1 Å². The second-order valence-corrected chi connectivity index (χ2v) is 5.32. The molecule has 1 heterocycles. The van der Waals surface area contributed by atoms with Crippen molar-refractivity contribution in [3.05, 3.63) is 47.0 Å². The molecular weight excluding hydrogens is 286 g/mol. The number of aryl methyl sites for hydroxylation is 1. The lowest BCUT2D eigenvalue weighted by atomic mass is 10.1. The van der Waals surface area contributed by atoms with Gasteiger partial charge in [-0.1, -0.05) is 18.5 Å². The largest absolute Gasteiger partial charge is 0.485 e. The van der Waals surface area contributed by atoms with Gasteiger partial charge in [-0.15, -0.1) is 0 Å². The first-order valence-electron chi connectivity index (χ1n) is 7.31. The number of imidazole rings is 1. The molecule has 0 bridgehead atoms. The standard InChI is InChI=1S/C16H22ClN3O/c1-4-18-12(3)14-10-13(17)6-7-15(14)21-11-16-19-8-9-20(16)5-2/h6-10,12,18H,4-5,11H2,1-3H3. The Morgan fingerprint density at radius 3 is 2.90 bits per heavy atom. The number of halogens is 1. The van der Waals surface area contributed by atoms with Crippen LogP contribution in [0, 0.1) is 0 Å². The van der Waals surface area contributed by atoms with Gasteiger partial charge in [0.25, 0.3) is 0 Å². The Hall–Kier alpha value is -1.52. The van der Waals surface area contributed by atoms with E-state index in [1.54, 1.807) is 6.20 Å². The van der Waals surface area contributed by atoms with Crippen LogP contribution in [-0.2, 0) is 13.2 Å². The smallest absolute Gasteiger partial charge is 0.146 e. The maximum Gasteiger partial charge on any atom is 0.146 e. The van der Waals surface area contributed by atoms with Crippen LogP contribution in [0.15, 0.2) is 30.6 Å². The summed E-state index contributed by atoms with van der Waals surface area (Å²) in [6.45, 7) is 8.52. The number of nitrogens with zero attached hydrogens (tertiary/aromatic N) is 2. The molecular formula is C16H22ClN3O. The highest BCUT2D eigenvalue weighted by Crippen LogP contribution is 2.29. The molecule has 1 aromatic heterocycles. The molecule has 1 atom stereocenters. The summed E-state index contributed by atoms with van der Waals surface area (Å²) in [7, 11) is 0. The van der Waals surface area contributed by atoms with Crippen molar-refractivity contribution in [2.24, 2.45) is 0 Å². The Labute approximate surface area is 131 Å². The Kier molecular flexibility index (Phi) is 5.65. The Morgan fingerprint density at radius 1 is 1.38 bits per heavy atom. The molecule has 21 heavy (non-hydrogen) atoms. The van der Waals surface area contributed by atoms with E-state index in [4.69, 9.17) is 16.3 Å². The fourth-order valence-corrected chi connectivity index (χ4v) is 2.50. The average molecular weight is 308 g/mol. The third-order valence-corrected chi connectivity index (χ3v) is 3.68. The highest BCUT2D eigenvalue weighted by atomic mass is 35.5. The summed E-state index contributed by atoms with van der Waals surface area (Å²) in [6.07, 6.45) is 3.76. The van der Waals surface area contributed by atoms with Crippen molar-refractivity contribution in [1.82, 2.24) is 14.9 Å². The van der Waals surface area contributed by atoms with Crippen molar-refractivity contribution in [2.45, 2.75) is 40.0 Å². The van der Waals surface area contributed by atoms with Crippen molar-refractivity contribution in [2.75, 3.05) is 6.54 Å². The number of benzene rings is 1. The fourth-order valence-electron chi connectivity index (χ4n) is 2.32. The van der Waals surface area contributed by atoms with Crippen LogP contribution in [-0.4, -0.2) is 16.1 Å². The van der Waals surface area contributed by atoms with E-state index in [1.807, 2.05) is 24.4 Å². The molecule has 0 aliphatic heterocycles. The molecule has 0 spiro atoms. The predicted octanol–water partition coefficient (Wildman–Crippen LogP) is 3.81. The second-order valence-electron chi connectivity index (χ2n) is 4.88. The van der Waals surface area contributed by atoms with Gasteiger partial charge in [-0.25, -0.2) is 4.98 Å². The molecule has 5 heteroatoms. The van der Waals surface area contributed by atoms with E-state index in [1.165, 1.54) is 0 Å². The lowest BCUT2D eigenvalue weighted by Crippen LogP contribution is -2.18. The third-order valence-electron chi connectivity index (χ3n) is 3.45. The number of ether oxygens (including phenoxy) is 1. The van der Waals surface area contributed by atoms with Crippen LogP contribution in [0.4, 0.5) is 0 Å². The van der Waals surface area contributed by atoms with Crippen molar-refractivity contribution in [3.63, 3.8) is 0 Å². The van der Waals surface area contributed by atoms with E-state index in [9.17, 15) is 0 Å². The minimum Gasteiger partial charge on any atom is -0.485 e. The summed E-state index contributed by atoms with van der Waals surface area (Å²) in [4.78, 5) is 4.33. The van der Waals surface area contributed by atoms with Gasteiger partial charge in [0.05, 0.1) is 0 Å². The van der Waals surface area contributed by atoms with E-state index in [0.717, 1.165) is 35.2 Å². The first kappa shape index (κ1) is 15.9. The van der Waals surface area contributed by atoms with Gasteiger partial charge in [0, 0.05) is 35.6 Å². The van der Waals surface area contributed by atoms with Gasteiger partial charge in [-0.2, -0.15) is 0 Å². The molecule has 2 aromatic rings. The second kappa shape index (κ2) is 7.48. The molecule has 114 valence electrons. The van der Waals surface area contributed by atoms with Gasteiger partial charge in [0.2, 0.25) is 0 Å². The van der Waals surface area contributed by atoms with Crippen molar-refractivity contribution >= 4 is 11.6 Å². The number of aromatic nitrogens is 2. The number of hydrogen-bond acceptors (Lipinski definition) is 3. The predicted molar refractivity (Wildman–Crippen MR) is 85.8 cm³/mol. The zero-order valence-electron chi connectivity index (χ0n) is 12.8. The monoisotopic (exact) mass is 307 g/mol. The zero-order chi connectivity index (χ0) is 15.2. The molecule has 0 amide bonds. The molecule has 0 saturated heterocycles. The lowest BCUT2D eigenvalue weighted by Gasteiger charge is -2.18. The quantitative estimate of drug-likeness (QED) is 0.845. The van der Waals surface area contributed by atoms with Gasteiger partial charge in [0.15, 0.2) is 0 Å². The average Bonchev–Trinajstić information content (AvgIpc) is 2.93. The molecule has 1 N–H and O–H groups in total. The van der Waals surface area contributed by atoms with Gasteiger partial charge in [-0.05, 0) is 38.6 Å². The third kappa shape index (κ3) is 3.99. The van der Waals surface area contributed by atoms with Crippen molar-refractivity contribution in [3.8, 4) is 5.75 Å². The molecule has 1 unspecified atom stereocenters. The minimum absolute atomic E-state index is 0.189. The van der Waals surface area contributed by atoms with Crippen LogP contribution in [0.5, 0.6) is 5.75 Å². The molecule has 0 aliphatic carbocycles. The molecule has 0 saturated carbocycles. The highest BCUT2D eigenvalue weighted by Gasteiger charge is 2.12. The molecule has 0 fully saturated rings. The topological polar surface area (TPSA) is 39.1 Å². The summed E-state index contributed by atoms with van der Waals surface area (Å²) < 4.78 is 8.04. The zero-order valence-corrected chi connectivity index (χ0v) is 13.5. The lowest BCUT2D eigenvalue weighted by molar-refractivity contribution is 0.284. The van der Waals surface area contributed by atoms with Crippen molar-refractivity contribution < 1.29 is 4.74 Å². The van der Waals surface area contributed by atoms with Crippen LogP contribution in [0.2, 0.25) is 5.02 Å². The Morgan fingerprint density at radius 2 is 2.19 bits per heavy atom. The molecule has 4 nitrogen and oxygen atoms in total. The highest BCUT2D eigenvalue weighted by molar-refractivity contribution is 6.30. The number of nitrogens with one attached hydrogen (secondary N) is 1. The van der Waals surface area contributed by atoms with Gasteiger partial charge in [-0.3, -0.25) is 0 Å². The summed E-state index contributed by atoms with van der Waals surface area (Å²) in [5.74, 6) is 1.77. The van der Waals surface area contributed by atoms with E-state index in [2.05, 4.69) is 35.6 Å². The molecule has 2 rings (SSSR count). The van der Waals surface area contributed by atoms with E-state index < -0.39 is 0 Å². The summed E-state index contributed by atoms with van der Waals surface area (Å²) in [5, 5.41) is 4.11. The summed E-state index contributed by atoms with van der Waals surface area (Å²) >= 11 is 6.11. The first-order chi connectivity index (χ1) is 10.2. The van der Waals surface area contributed by atoms with Crippen LogP contribution >= 0.6 is 11.6 Å². The van der Waals surface area contributed by atoms with Crippen molar-refractivity contribution in [1.29, 1.82) is 0 Å². The van der Waals surface area contributed by atoms with Gasteiger partial charge < -0.3 is 14.6 Å². The van der Waals surface area contributed by atoms with E-state index in [0.29, 0.717) is 6.61 Å². The molecule has 0 radical (unpaired) electrons. The number of rotatable bonds is 7. The number of hydrogen-bond donors (Lipinski definition) is 1. The van der Waals surface area contributed by atoms with Gasteiger partial charge >= 0.3 is 0 Å². The minimum atomic E-state index is 0.189. The SMILES string of the molecule is CCNC(C)c1cc(Cl)ccc1OCc1nccn1CC. The Bertz CT molecular complexity index is 583. The van der Waals surface area contributed by atoms with Crippen LogP contribution in [0.1, 0.15) is 38.2 Å². The molecule has 1 aromatic carbocycles. The van der Waals surface area contributed by atoms with Crippen LogP contribution in [0.3, 0.4) is 0 Å².